The van der Waals surface area contributed by atoms with Crippen molar-refractivity contribution in [2.24, 2.45) is 0 Å². The molecule has 1 amide bonds. The van der Waals surface area contributed by atoms with E-state index < -0.39 is 0 Å². The first-order valence-corrected chi connectivity index (χ1v) is 8.23. The van der Waals surface area contributed by atoms with Gasteiger partial charge in [-0.1, -0.05) is 6.92 Å². The van der Waals surface area contributed by atoms with Crippen LogP contribution in [0.15, 0.2) is 30.5 Å². The third-order valence-corrected chi connectivity index (χ3v) is 3.66. The highest BCUT2D eigenvalue weighted by atomic mass is 79.9. The maximum absolute atomic E-state index is 11.9. The lowest BCUT2D eigenvalue weighted by atomic mass is 10.2. The maximum Gasteiger partial charge on any atom is 0.251 e. The molecule has 6 N–H and O–H groups in total. The molecule has 0 spiro atoms. The largest absolute Gasteiger partial charge is 0.382 e. The van der Waals surface area contributed by atoms with Gasteiger partial charge in [0.1, 0.15) is 0 Å². The van der Waals surface area contributed by atoms with Crippen molar-refractivity contribution in [3.63, 3.8) is 0 Å². The van der Waals surface area contributed by atoms with E-state index >= 15 is 0 Å². The Morgan fingerprint density at radius 3 is 2.56 bits per heavy atom. The Labute approximate surface area is 166 Å². The molecular weight excluding hydrogens is 412 g/mol. The van der Waals surface area contributed by atoms with Crippen molar-refractivity contribution in [2.75, 3.05) is 23.3 Å². The van der Waals surface area contributed by atoms with Gasteiger partial charge < -0.3 is 22.1 Å². The quantitative estimate of drug-likeness (QED) is 0.461. The van der Waals surface area contributed by atoms with Gasteiger partial charge in [0.25, 0.3) is 5.91 Å². The number of nitrogens with zero attached hydrogens (tertiary/aromatic N) is 4. The number of nitrogen functional groups attached to an aromatic ring is 2. The first-order valence-electron chi connectivity index (χ1n) is 8.23. The van der Waals surface area contributed by atoms with E-state index in [9.17, 15) is 4.79 Å². The summed E-state index contributed by atoms with van der Waals surface area (Å²) < 4.78 is 0. The van der Waals surface area contributed by atoms with Gasteiger partial charge in [0.15, 0.2) is 17.0 Å². The summed E-state index contributed by atoms with van der Waals surface area (Å²) in [4.78, 5) is 28.4. The fourth-order valence-electron chi connectivity index (χ4n) is 2.34. The molecule has 0 unspecified atom stereocenters. The van der Waals surface area contributed by atoms with Gasteiger partial charge in [0.05, 0.1) is 18.4 Å². The molecule has 1 aromatic carbocycles. The number of carbonyl (C=O) groups excluding carboxylic acids is 1. The molecule has 0 radical (unpaired) electrons. The van der Waals surface area contributed by atoms with Crippen LogP contribution in [0.25, 0.3) is 11.2 Å². The van der Waals surface area contributed by atoms with E-state index in [1.54, 1.807) is 18.3 Å². The Balaban J connectivity index is 0.00000261. The van der Waals surface area contributed by atoms with Crippen LogP contribution in [0.1, 0.15) is 29.4 Å². The van der Waals surface area contributed by atoms with Crippen LogP contribution >= 0.6 is 17.0 Å². The molecule has 2 heterocycles. The number of nitrogens with one attached hydrogen (secondary N) is 2. The number of amides is 1. The summed E-state index contributed by atoms with van der Waals surface area (Å²) in [5.74, 6) is 0.191. The van der Waals surface area contributed by atoms with E-state index in [-0.39, 0.29) is 34.7 Å². The van der Waals surface area contributed by atoms with Gasteiger partial charge in [0.2, 0.25) is 5.95 Å². The molecule has 0 fully saturated rings. The highest BCUT2D eigenvalue weighted by Crippen LogP contribution is 2.16. The highest BCUT2D eigenvalue weighted by molar-refractivity contribution is 8.93. The van der Waals surface area contributed by atoms with Gasteiger partial charge >= 0.3 is 0 Å². The predicted molar refractivity (Wildman–Crippen MR) is 111 cm³/mol. The first-order chi connectivity index (χ1) is 12.6. The van der Waals surface area contributed by atoms with Crippen molar-refractivity contribution in [2.45, 2.75) is 19.9 Å². The van der Waals surface area contributed by atoms with Crippen molar-refractivity contribution >= 4 is 51.5 Å². The van der Waals surface area contributed by atoms with Crippen molar-refractivity contribution in [3.8, 4) is 0 Å². The molecule has 142 valence electrons. The average Bonchev–Trinajstić information content (AvgIpc) is 2.65. The van der Waals surface area contributed by atoms with E-state index in [0.29, 0.717) is 35.5 Å². The van der Waals surface area contributed by atoms with Gasteiger partial charge in [0, 0.05) is 17.8 Å². The molecule has 0 saturated carbocycles. The Kier molecular flexibility index (Phi) is 6.83. The van der Waals surface area contributed by atoms with E-state index in [4.69, 9.17) is 11.5 Å². The molecule has 3 aromatic rings. The normalized spacial score (nSPS) is 10.3. The second kappa shape index (κ2) is 9.08. The second-order valence-electron chi connectivity index (χ2n) is 5.69. The Hall–Kier alpha value is -3.01. The number of aromatic nitrogens is 4. The van der Waals surface area contributed by atoms with Gasteiger partial charge in [-0.15, -0.1) is 17.0 Å². The Morgan fingerprint density at radius 2 is 1.85 bits per heavy atom. The summed E-state index contributed by atoms with van der Waals surface area (Å²) in [6.07, 6.45) is 2.51. The van der Waals surface area contributed by atoms with E-state index in [0.717, 1.165) is 12.1 Å². The van der Waals surface area contributed by atoms with Crippen molar-refractivity contribution in [1.29, 1.82) is 0 Å². The monoisotopic (exact) mass is 432 g/mol. The SMILES string of the molecule is Br.CCCNC(=O)c1ccc(NCc2cnc3nc(N)nc(N)c3n2)cc1. The number of hydrogen-bond acceptors (Lipinski definition) is 8. The van der Waals surface area contributed by atoms with Crippen LogP contribution < -0.4 is 22.1 Å². The average molecular weight is 433 g/mol. The zero-order chi connectivity index (χ0) is 18.5. The van der Waals surface area contributed by atoms with Crippen LogP contribution in [0.2, 0.25) is 0 Å². The summed E-state index contributed by atoms with van der Waals surface area (Å²) in [5.41, 5.74) is 14.3. The minimum absolute atomic E-state index is 0. The molecule has 0 aliphatic rings. The third-order valence-electron chi connectivity index (χ3n) is 3.66. The summed E-state index contributed by atoms with van der Waals surface area (Å²) in [6, 6.07) is 7.23. The molecule has 0 aliphatic heterocycles. The van der Waals surface area contributed by atoms with Crippen LogP contribution in [-0.2, 0) is 6.54 Å². The lowest BCUT2D eigenvalue weighted by Gasteiger charge is -2.08. The predicted octanol–water partition coefficient (Wildman–Crippen LogP) is 1.91. The number of anilines is 3. The summed E-state index contributed by atoms with van der Waals surface area (Å²) in [5, 5.41) is 6.07. The number of nitrogens with two attached hydrogens (primary N) is 2. The van der Waals surface area contributed by atoms with Gasteiger partial charge in [-0.25, -0.2) is 9.97 Å². The number of benzene rings is 1. The Morgan fingerprint density at radius 1 is 1.11 bits per heavy atom. The van der Waals surface area contributed by atoms with Crippen molar-refractivity contribution < 1.29 is 4.79 Å². The minimum Gasteiger partial charge on any atom is -0.382 e. The van der Waals surface area contributed by atoms with Crippen LogP contribution in [-0.4, -0.2) is 32.4 Å². The van der Waals surface area contributed by atoms with E-state index in [2.05, 4.69) is 30.6 Å². The van der Waals surface area contributed by atoms with E-state index in [1.165, 1.54) is 0 Å². The van der Waals surface area contributed by atoms with Crippen LogP contribution in [0, 0.1) is 0 Å². The molecule has 0 saturated heterocycles. The summed E-state index contributed by atoms with van der Waals surface area (Å²) in [6.45, 7) is 3.11. The standard InChI is InChI=1S/C17H20N8O.BrH/c1-2-7-20-16(26)10-3-5-11(6-4-10)21-8-12-9-22-15-13(23-12)14(18)24-17(19)25-15;/h3-6,9,21H,2,7-8H2,1H3,(H,20,26)(H4,18,19,22,24,25);1H. The maximum atomic E-state index is 11.9. The highest BCUT2D eigenvalue weighted by Gasteiger charge is 2.08. The molecule has 0 bridgehead atoms. The molecule has 3 rings (SSSR count). The molecule has 10 heteroatoms. The molecule has 9 nitrogen and oxygen atoms in total. The zero-order valence-corrected chi connectivity index (χ0v) is 16.5. The molecule has 0 atom stereocenters. The lowest BCUT2D eigenvalue weighted by molar-refractivity contribution is 0.0953. The lowest BCUT2D eigenvalue weighted by Crippen LogP contribution is -2.23. The third kappa shape index (κ3) is 5.00. The number of fused-ring (bicyclic) bond motifs is 1. The zero-order valence-electron chi connectivity index (χ0n) is 14.8. The minimum atomic E-state index is -0.0754. The number of rotatable bonds is 6. The van der Waals surface area contributed by atoms with Crippen molar-refractivity contribution in [1.82, 2.24) is 25.3 Å². The molecule has 0 aliphatic carbocycles. The second-order valence-corrected chi connectivity index (χ2v) is 5.69. The Bertz CT molecular complexity index is 932. The smallest absolute Gasteiger partial charge is 0.251 e. The molecule has 2 aromatic heterocycles. The first kappa shape index (κ1) is 20.3. The van der Waals surface area contributed by atoms with Gasteiger partial charge in [-0.2, -0.15) is 9.97 Å². The number of halogens is 1. The van der Waals surface area contributed by atoms with Crippen LogP contribution in [0.5, 0.6) is 0 Å². The van der Waals surface area contributed by atoms with Crippen LogP contribution in [0.3, 0.4) is 0 Å². The summed E-state index contributed by atoms with van der Waals surface area (Å²) >= 11 is 0. The van der Waals surface area contributed by atoms with E-state index in [1.807, 2.05) is 19.1 Å². The number of carbonyl (C=O) groups is 1. The van der Waals surface area contributed by atoms with Gasteiger partial charge in [-0.3, -0.25) is 4.79 Å². The number of hydrogen-bond donors (Lipinski definition) is 4. The summed E-state index contributed by atoms with van der Waals surface area (Å²) in [7, 11) is 0. The fraction of sp³-hybridized carbons (Fsp3) is 0.235. The molecular formula is C17H21BrN8O. The van der Waals surface area contributed by atoms with Crippen molar-refractivity contribution in [3.05, 3.63) is 41.7 Å². The van der Waals surface area contributed by atoms with Gasteiger partial charge in [-0.05, 0) is 30.7 Å². The molecule has 27 heavy (non-hydrogen) atoms. The fourth-order valence-corrected chi connectivity index (χ4v) is 2.34. The topological polar surface area (TPSA) is 145 Å². The van der Waals surface area contributed by atoms with Crippen LogP contribution in [0.4, 0.5) is 17.5 Å².